The van der Waals surface area contributed by atoms with Gasteiger partial charge in [-0.05, 0) is 12.1 Å². The Morgan fingerprint density at radius 2 is 1.93 bits per heavy atom. The van der Waals surface area contributed by atoms with Gasteiger partial charge in [-0.2, -0.15) is 5.10 Å². The van der Waals surface area contributed by atoms with Gasteiger partial charge in [0.1, 0.15) is 22.8 Å². The van der Waals surface area contributed by atoms with E-state index in [0.29, 0.717) is 23.7 Å². The molecule has 0 atom stereocenters. The SMILES string of the molecule is COCOc1cc(Nc2cc(Cc3ccco3)[nH]n2)c(C(=O)OC)c(OCOC)c1. The van der Waals surface area contributed by atoms with Gasteiger partial charge in [0.15, 0.2) is 19.4 Å². The number of esters is 1. The topological polar surface area (TPSA) is 117 Å². The Morgan fingerprint density at radius 1 is 1.13 bits per heavy atom. The molecule has 0 fully saturated rings. The van der Waals surface area contributed by atoms with Crippen molar-refractivity contribution in [1.29, 1.82) is 0 Å². The maximum atomic E-state index is 12.5. The minimum atomic E-state index is -0.590. The Balaban J connectivity index is 1.92. The summed E-state index contributed by atoms with van der Waals surface area (Å²) in [4.78, 5) is 12.5. The molecule has 3 rings (SSSR count). The number of ether oxygens (including phenoxy) is 5. The smallest absolute Gasteiger partial charge is 0.343 e. The number of hydrogen-bond donors (Lipinski definition) is 2. The normalized spacial score (nSPS) is 10.6. The van der Waals surface area contributed by atoms with E-state index in [0.717, 1.165) is 11.5 Å². The molecule has 2 aromatic heterocycles. The summed E-state index contributed by atoms with van der Waals surface area (Å²) in [6.45, 7) is -0.0384. The molecule has 0 saturated heterocycles. The van der Waals surface area contributed by atoms with Gasteiger partial charge in [0, 0.05) is 44.5 Å². The van der Waals surface area contributed by atoms with Gasteiger partial charge in [0.05, 0.1) is 19.1 Å². The number of rotatable bonds is 11. The summed E-state index contributed by atoms with van der Waals surface area (Å²) in [5.41, 5.74) is 1.39. The van der Waals surface area contributed by atoms with Crippen LogP contribution in [0.4, 0.5) is 11.5 Å². The third-order valence-electron chi connectivity index (χ3n) is 3.98. The van der Waals surface area contributed by atoms with Crippen molar-refractivity contribution in [2.75, 3.05) is 40.2 Å². The fourth-order valence-corrected chi connectivity index (χ4v) is 2.70. The summed E-state index contributed by atoms with van der Waals surface area (Å²) in [6.07, 6.45) is 2.16. The van der Waals surface area contributed by atoms with Crippen molar-refractivity contribution in [3.63, 3.8) is 0 Å². The molecule has 3 aromatic rings. The molecule has 0 unspecified atom stereocenters. The predicted octanol–water partition coefficient (Wildman–Crippen LogP) is 3.09. The van der Waals surface area contributed by atoms with Crippen LogP contribution in [0.3, 0.4) is 0 Å². The highest BCUT2D eigenvalue weighted by molar-refractivity contribution is 5.99. The standard InChI is InChI=1S/C20H23N3O7/c1-25-11-29-15-9-16(19(20(24)27-3)17(10-15)30-12-26-2)21-18-8-13(22-23-18)7-14-5-4-6-28-14/h4-6,8-10H,7,11-12H2,1-3H3,(H2,21,22,23). The van der Waals surface area contributed by atoms with Crippen LogP contribution in [0, 0.1) is 0 Å². The molecule has 0 aliphatic heterocycles. The Bertz CT molecular complexity index is 953. The van der Waals surface area contributed by atoms with Crippen LogP contribution in [0.25, 0.3) is 0 Å². The van der Waals surface area contributed by atoms with Crippen LogP contribution in [-0.2, 0) is 20.6 Å². The number of aromatic amines is 1. The van der Waals surface area contributed by atoms with Gasteiger partial charge in [-0.3, -0.25) is 5.10 Å². The van der Waals surface area contributed by atoms with Crippen molar-refractivity contribution in [3.05, 3.63) is 53.6 Å². The van der Waals surface area contributed by atoms with Gasteiger partial charge < -0.3 is 33.4 Å². The van der Waals surface area contributed by atoms with Crippen molar-refractivity contribution in [2.45, 2.75) is 6.42 Å². The van der Waals surface area contributed by atoms with Crippen molar-refractivity contribution < 1.29 is 32.9 Å². The Morgan fingerprint density at radius 3 is 2.63 bits per heavy atom. The van der Waals surface area contributed by atoms with Crippen LogP contribution in [0.5, 0.6) is 11.5 Å². The highest BCUT2D eigenvalue weighted by Gasteiger charge is 2.22. The zero-order valence-electron chi connectivity index (χ0n) is 16.9. The van der Waals surface area contributed by atoms with Crippen LogP contribution in [-0.4, -0.2) is 51.1 Å². The average Bonchev–Trinajstić information content (AvgIpc) is 3.42. The molecule has 1 aromatic carbocycles. The lowest BCUT2D eigenvalue weighted by molar-refractivity contribution is 0.0436. The van der Waals surface area contributed by atoms with E-state index in [2.05, 4.69) is 15.5 Å². The van der Waals surface area contributed by atoms with Crippen molar-refractivity contribution in [1.82, 2.24) is 10.2 Å². The Labute approximate surface area is 173 Å². The van der Waals surface area contributed by atoms with E-state index in [9.17, 15) is 4.79 Å². The number of nitrogens with one attached hydrogen (secondary N) is 2. The van der Waals surface area contributed by atoms with Crippen molar-refractivity contribution in [2.24, 2.45) is 0 Å². The molecule has 0 amide bonds. The monoisotopic (exact) mass is 417 g/mol. The largest absolute Gasteiger partial charge is 0.469 e. The van der Waals surface area contributed by atoms with Crippen LogP contribution < -0.4 is 14.8 Å². The number of benzene rings is 1. The second-order valence-corrected chi connectivity index (χ2v) is 6.10. The number of hydrogen-bond acceptors (Lipinski definition) is 9. The van der Waals surface area contributed by atoms with Crippen molar-refractivity contribution in [3.8, 4) is 11.5 Å². The van der Waals surface area contributed by atoms with Gasteiger partial charge in [-0.25, -0.2) is 4.79 Å². The van der Waals surface area contributed by atoms with Gasteiger partial charge in [0.25, 0.3) is 0 Å². The first-order valence-electron chi connectivity index (χ1n) is 8.98. The highest BCUT2D eigenvalue weighted by Crippen LogP contribution is 2.35. The molecule has 10 nitrogen and oxygen atoms in total. The van der Waals surface area contributed by atoms with E-state index in [1.165, 1.54) is 21.3 Å². The molecule has 0 spiro atoms. The first kappa shape index (κ1) is 21.2. The fraction of sp³-hybridized carbons (Fsp3) is 0.300. The van der Waals surface area contributed by atoms with E-state index >= 15 is 0 Å². The summed E-state index contributed by atoms with van der Waals surface area (Å²) >= 11 is 0. The zero-order valence-corrected chi connectivity index (χ0v) is 16.9. The lowest BCUT2D eigenvalue weighted by Crippen LogP contribution is -2.11. The summed E-state index contributed by atoms with van der Waals surface area (Å²) in [6, 6.07) is 8.69. The van der Waals surface area contributed by atoms with E-state index < -0.39 is 5.97 Å². The summed E-state index contributed by atoms with van der Waals surface area (Å²) in [7, 11) is 4.28. The molecule has 2 N–H and O–H groups in total. The molecule has 0 bridgehead atoms. The molecule has 0 radical (unpaired) electrons. The first-order valence-corrected chi connectivity index (χ1v) is 8.98. The third-order valence-corrected chi connectivity index (χ3v) is 3.98. The van der Waals surface area contributed by atoms with Gasteiger partial charge >= 0.3 is 5.97 Å². The Kier molecular flexibility index (Phi) is 7.30. The van der Waals surface area contributed by atoms with Crippen molar-refractivity contribution >= 4 is 17.5 Å². The molecular weight excluding hydrogens is 394 g/mol. The first-order chi connectivity index (χ1) is 14.6. The second kappa shape index (κ2) is 10.3. The summed E-state index contributed by atoms with van der Waals surface area (Å²) in [5.74, 6) is 1.35. The predicted molar refractivity (Wildman–Crippen MR) is 106 cm³/mol. The van der Waals surface area contributed by atoms with Crippen LogP contribution >= 0.6 is 0 Å². The quantitative estimate of drug-likeness (QED) is 0.358. The van der Waals surface area contributed by atoms with E-state index in [4.69, 9.17) is 28.1 Å². The number of aromatic nitrogens is 2. The lowest BCUT2D eigenvalue weighted by Gasteiger charge is -2.16. The van der Waals surface area contributed by atoms with Gasteiger partial charge in [-0.15, -0.1) is 0 Å². The number of nitrogens with zero attached hydrogens (tertiary/aromatic N) is 1. The number of anilines is 2. The highest BCUT2D eigenvalue weighted by atomic mass is 16.7. The Hall–Kier alpha value is -3.50. The number of methoxy groups -OCH3 is 3. The zero-order chi connectivity index (χ0) is 21.3. The molecule has 0 saturated carbocycles. The fourth-order valence-electron chi connectivity index (χ4n) is 2.70. The number of carbonyl (C=O) groups is 1. The maximum absolute atomic E-state index is 12.5. The minimum Gasteiger partial charge on any atom is -0.469 e. The van der Waals surface area contributed by atoms with Gasteiger partial charge in [-0.1, -0.05) is 0 Å². The van der Waals surface area contributed by atoms with E-state index in [-0.39, 0.29) is 24.9 Å². The minimum absolute atomic E-state index is 0.0242. The molecule has 0 aliphatic rings. The number of carbonyl (C=O) groups excluding carboxylic acids is 1. The molecular formula is C20H23N3O7. The molecule has 2 heterocycles. The lowest BCUT2D eigenvalue weighted by atomic mass is 10.1. The summed E-state index contributed by atoms with van der Waals surface area (Å²) < 4.78 is 31.3. The average molecular weight is 417 g/mol. The van der Waals surface area contributed by atoms with E-state index in [1.54, 1.807) is 18.4 Å². The second-order valence-electron chi connectivity index (χ2n) is 6.10. The molecule has 160 valence electrons. The molecule has 30 heavy (non-hydrogen) atoms. The third kappa shape index (κ3) is 5.31. The molecule has 0 aliphatic carbocycles. The van der Waals surface area contributed by atoms with Crippen LogP contribution in [0.15, 0.2) is 41.0 Å². The maximum Gasteiger partial charge on any atom is 0.343 e. The number of H-pyrrole nitrogens is 1. The van der Waals surface area contributed by atoms with Crippen LogP contribution in [0.1, 0.15) is 21.8 Å². The number of furan rings is 1. The van der Waals surface area contributed by atoms with E-state index in [1.807, 2.05) is 18.2 Å². The molecule has 10 heteroatoms. The summed E-state index contributed by atoms with van der Waals surface area (Å²) in [5, 5.41) is 10.3. The van der Waals surface area contributed by atoms with Gasteiger partial charge in [0.2, 0.25) is 0 Å². The van der Waals surface area contributed by atoms with Crippen LogP contribution in [0.2, 0.25) is 0 Å².